The number of aryl methyl sites for hydroxylation is 2. The number of benzene rings is 1. The van der Waals surface area contributed by atoms with E-state index in [2.05, 4.69) is 6.92 Å². The monoisotopic (exact) mass is 224 g/mol. The fraction of sp³-hybridized carbons (Fsp3) is 0.538. The van der Waals surface area contributed by atoms with E-state index in [4.69, 9.17) is 9.84 Å². The molecule has 0 amide bonds. The number of ether oxygens (including phenoxy) is 1. The molecule has 0 aliphatic rings. The van der Waals surface area contributed by atoms with Gasteiger partial charge in [-0.25, -0.2) is 0 Å². The summed E-state index contributed by atoms with van der Waals surface area (Å²) in [4.78, 5) is 0. The Morgan fingerprint density at radius 3 is 2.75 bits per heavy atom. The highest BCUT2D eigenvalue weighted by molar-refractivity contribution is 5.40. The standard InChI is InChI=1S/C13H20O3/c1-3-5-11-7-4-6-10(2)13(11)16-9-12(15)8-14/h4,6-7,12,14-15H,3,5,8-9H2,1-2H3. The minimum absolute atomic E-state index is 0.137. The second kappa shape index (κ2) is 6.51. The molecule has 1 aromatic rings. The zero-order valence-electron chi connectivity index (χ0n) is 9.94. The van der Waals surface area contributed by atoms with E-state index >= 15 is 0 Å². The highest BCUT2D eigenvalue weighted by Crippen LogP contribution is 2.24. The first-order valence-corrected chi connectivity index (χ1v) is 5.69. The third kappa shape index (κ3) is 3.51. The third-order valence-corrected chi connectivity index (χ3v) is 2.44. The maximum Gasteiger partial charge on any atom is 0.125 e. The Bertz CT molecular complexity index is 323. The average Bonchev–Trinajstić information content (AvgIpc) is 2.28. The van der Waals surface area contributed by atoms with Gasteiger partial charge < -0.3 is 14.9 Å². The first-order chi connectivity index (χ1) is 7.69. The van der Waals surface area contributed by atoms with Crippen molar-refractivity contribution >= 4 is 0 Å². The van der Waals surface area contributed by atoms with Crippen LogP contribution in [0, 0.1) is 6.92 Å². The van der Waals surface area contributed by atoms with Gasteiger partial charge in [0.2, 0.25) is 0 Å². The zero-order chi connectivity index (χ0) is 12.0. The molecule has 0 aliphatic heterocycles. The number of rotatable bonds is 6. The lowest BCUT2D eigenvalue weighted by Gasteiger charge is -2.15. The van der Waals surface area contributed by atoms with Crippen LogP contribution < -0.4 is 4.74 Å². The van der Waals surface area contributed by atoms with Crippen LogP contribution in [0.5, 0.6) is 5.75 Å². The van der Waals surface area contributed by atoms with E-state index in [-0.39, 0.29) is 13.2 Å². The number of aliphatic hydroxyl groups excluding tert-OH is 2. The minimum atomic E-state index is -0.811. The second-order valence-corrected chi connectivity index (χ2v) is 3.96. The number of para-hydroxylation sites is 1. The Balaban J connectivity index is 2.75. The van der Waals surface area contributed by atoms with Crippen LogP contribution in [-0.2, 0) is 6.42 Å². The van der Waals surface area contributed by atoms with Crippen LogP contribution in [0.15, 0.2) is 18.2 Å². The number of hydrogen-bond acceptors (Lipinski definition) is 3. The summed E-state index contributed by atoms with van der Waals surface area (Å²) in [6, 6.07) is 6.03. The molecular weight excluding hydrogens is 204 g/mol. The van der Waals surface area contributed by atoms with Crippen molar-refractivity contribution in [3.8, 4) is 5.75 Å². The van der Waals surface area contributed by atoms with Crippen molar-refractivity contribution in [3.05, 3.63) is 29.3 Å². The summed E-state index contributed by atoms with van der Waals surface area (Å²) in [7, 11) is 0. The molecule has 2 N–H and O–H groups in total. The molecule has 1 atom stereocenters. The zero-order valence-corrected chi connectivity index (χ0v) is 9.94. The Morgan fingerprint density at radius 1 is 1.38 bits per heavy atom. The quantitative estimate of drug-likeness (QED) is 0.773. The van der Waals surface area contributed by atoms with Gasteiger partial charge in [-0.15, -0.1) is 0 Å². The molecule has 0 fully saturated rings. The summed E-state index contributed by atoms with van der Waals surface area (Å²) >= 11 is 0. The van der Waals surface area contributed by atoms with E-state index in [1.807, 2.05) is 25.1 Å². The lowest BCUT2D eigenvalue weighted by molar-refractivity contribution is 0.0531. The molecule has 0 heterocycles. The molecule has 90 valence electrons. The maximum absolute atomic E-state index is 9.26. The van der Waals surface area contributed by atoms with Crippen molar-refractivity contribution in [2.24, 2.45) is 0 Å². The van der Waals surface area contributed by atoms with Gasteiger partial charge in [-0.2, -0.15) is 0 Å². The SMILES string of the molecule is CCCc1cccc(C)c1OCC(O)CO. The smallest absolute Gasteiger partial charge is 0.125 e. The summed E-state index contributed by atoms with van der Waals surface area (Å²) in [6.45, 7) is 3.97. The van der Waals surface area contributed by atoms with E-state index in [1.165, 1.54) is 0 Å². The Kier molecular flexibility index (Phi) is 5.29. The molecule has 0 aliphatic carbocycles. The lowest BCUT2D eigenvalue weighted by Crippen LogP contribution is -2.22. The van der Waals surface area contributed by atoms with Gasteiger partial charge in [0, 0.05) is 0 Å². The predicted molar refractivity (Wildman–Crippen MR) is 63.8 cm³/mol. The predicted octanol–water partition coefficient (Wildman–Crippen LogP) is 1.68. The molecule has 0 spiro atoms. The topological polar surface area (TPSA) is 49.7 Å². The van der Waals surface area contributed by atoms with Crippen LogP contribution in [0.4, 0.5) is 0 Å². The van der Waals surface area contributed by atoms with Crippen molar-refractivity contribution in [1.82, 2.24) is 0 Å². The number of aliphatic hydroxyl groups is 2. The second-order valence-electron chi connectivity index (χ2n) is 3.96. The van der Waals surface area contributed by atoms with Crippen LogP contribution in [0.3, 0.4) is 0 Å². The molecule has 0 saturated heterocycles. The highest BCUT2D eigenvalue weighted by Gasteiger charge is 2.09. The van der Waals surface area contributed by atoms with Crippen molar-refractivity contribution < 1.29 is 14.9 Å². The molecule has 0 radical (unpaired) electrons. The van der Waals surface area contributed by atoms with E-state index in [1.54, 1.807) is 0 Å². The fourth-order valence-corrected chi connectivity index (χ4v) is 1.62. The van der Waals surface area contributed by atoms with E-state index in [0.717, 1.165) is 29.7 Å². The first-order valence-electron chi connectivity index (χ1n) is 5.69. The summed E-state index contributed by atoms with van der Waals surface area (Å²) in [5.74, 6) is 0.844. The highest BCUT2D eigenvalue weighted by atomic mass is 16.5. The Hall–Kier alpha value is -1.06. The summed E-state index contributed by atoms with van der Waals surface area (Å²) in [6.07, 6.45) is 1.21. The molecule has 0 bridgehead atoms. The third-order valence-electron chi connectivity index (χ3n) is 2.44. The Morgan fingerprint density at radius 2 is 2.12 bits per heavy atom. The van der Waals surface area contributed by atoms with Crippen LogP contribution in [-0.4, -0.2) is 29.5 Å². The van der Waals surface area contributed by atoms with Gasteiger partial charge in [-0.05, 0) is 24.5 Å². The maximum atomic E-state index is 9.26. The van der Waals surface area contributed by atoms with Crippen molar-refractivity contribution in [1.29, 1.82) is 0 Å². The van der Waals surface area contributed by atoms with Crippen molar-refractivity contribution in [2.45, 2.75) is 32.8 Å². The summed E-state index contributed by atoms with van der Waals surface area (Å²) < 4.78 is 5.56. The fourth-order valence-electron chi connectivity index (χ4n) is 1.62. The Labute approximate surface area is 96.7 Å². The van der Waals surface area contributed by atoms with Gasteiger partial charge in [0.15, 0.2) is 0 Å². The van der Waals surface area contributed by atoms with Crippen LogP contribution in [0.2, 0.25) is 0 Å². The van der Waals surface area contributed by atoms with E-state index in [9.17, 15) is 5.11 Å². The van der Waals surface area contributed by atoms with Crippen LogP contribution >= 0.6 is 0 Å². The van der Waals surface area contributed by atoms with Crippen molar-refractivity contribution in [3.63, 3.8) is 0 Å². The minimum Gasteiger partial charge on any atom is -0.490 e. The normalized spacial score (nSPS) is 12.5. The summed E-state index contributed by atoms with van der Waals surface area (Å²) in [5.41, 5.74) is 2.23. The molecule has 16 heavy (non-hydrogen) atoms. The van der Waals surface area contributed by atoms with Crippen LogP contribution in [0.1, 0.15) is 24.5 Å². The largest absolute Gasteiger partial charge is 0.490 e. The van der Waals surface area contributed by atoms with Gasteiger partial charge in [-0.1, -0.05) is 31.5 Å². The summed E-state index contributed by atoms with van der Waals surface area (Å²) in [5, 5.41) is 18.0. The molecule has 1 unspecified atom stereocenters. The van der Waals surface area contributed by atoms with Gasteiger partial charge in [0.1, 0.15) is 18.5 Å². The first kappa shape index (κ1) is 13.0. The molecular formula is C13H20O3. The van der Waals surface area contributed by atoms with E-state index in [0.29, 0.717) is 0 Å². The average molecular weight is 224 g/mol. The molecule has 3 heteroatoms. The molecule has 1 rings (SSSR count). The van der Waals surface area contributed by atoms with Gasteiger partial charge in [0.05, 0.1) is 6.61 Å². The molecule has 3 nitrogen and oxygen atoms in total. The van der Waals surface area contributed by atoms with Gasteiger partial charge in [-0.3, -0.25) is 0 Å². The van der Waals surface area contributed by atoms with Crippen molar-refractivity contribution in [2.75, 3.05) is 13.2 Å². The molecule has 0 saturated carbocycles. The lowest BCUT2D eigenvalue weighted by atomic mass is 10.1. The van der Waals surface area contributed by atoms with Crippen LogP contribution in [0.25, 0.3) is 0 Å². The van der Waals surface area contributed by atoms with E-state index < -0.39 is 6.10 Å². The molecule has 1 aromatic carbocycles. The molecule has 0 aromatic heterocycles. The van der Waals surface area contributed by atoms with Gasteiger partial charge in [0.25, 0.3) is 0 Å². The number of hydrogen-bond donors (Lipinski definition) is 2. The van der Waals surface area contributed by atoms with Gasteiger partial charge >= 0.3 is 0 Å².